The molecule has 1 amide bonds. The second kappa shape index (κ2) is 7.61. The van der Waals surface area contributed by atoms with Crippen molar-refractivity contribution in [3.05, 3.63) is 60.2 Å². The number of methoxy groups -OCH3 is 1. The highest BCUT2D eigenvalue weighted by Gasteiger charge is 2.16. The Kier molecular flexibility index (Phi) is 5.55. The molecule has 0 aliphatic carbocycles. The molecule has 0 unspecified atom stereocenters. The molecule has 0 aromatic heterocycles. The van der Waals surface area contributed by atoms with Gasteiger partial charge in [0.05, 0.1) is 13.2 Å². The van der Waals surface area contributed by atoms with Gasteiger partial charge in [0.2, 0.25) is 5.91 Å². The summed E-state index contributed by atoms with van der Waals surface area (Å²) in [4.78, 5) is 12.2. The Morgan fingerprint density at radius 1 is 1.00 bits per heavy atom. The Balaban J connectivity index is 1.91. The Morgan fingerprint density at radius 3 is 2.23 bits per heavy atom. The normalized spacial score (nSPS) is 13.2. The Morgan fingerprint density at radius 2 is 1.64 bits per heavy atom. The van der Waals surface area contributed by atoms with Crippen molar-refractivity contribution in [2.45, 2.75) is 25.9 Å². The molecule has 0 aliphatic heterocycles. The van der Waals surface area contributed by atoms with Crippen LogP contribution >= 0.6 is 0 Å². The van der Waals surface area contributed by atoms with Gasteiger partial charge in [-0.3, -0.25) is 10.1 Å². The molecule has 0 saturated carbocycles. The van der Waals surface area contributed by atoms with E-state index in [-0.39, 0.29) is 18.0 Å². The second-order valence-corrected chi connectivity index (χ2v) is 5.24. The van der Waals surface area contributed by atoms with Crippen LogP contribution in [0.2, 0.25) is 0 Å². The molecule has 0 radical (unpaired) electrons. The van der Waals surface area contributed by atoms with Gasteiger partial charge in [0.1, 0.15) is 5.75 Å². The number of hydrogen-bond donors (Lipinski definition) is 2. The van der Waals surface area contributed by atoms with E-state index in [1.807, 2.05) is 68.4 Å². The SMILES string of the molecule is COc1ccc(NC(=O)[C@H](C)N[C@@H](C)c2ccccc2)cc1. The first kappa shape index (κ1) is 16.0. The van der Waals surface area contributed by atoms with Gasteiger partial charge in [-0.05, 0) is 43.7 Å². The van der Waals surface area contributed by atoms with Crippen molar-refractivity contribution in [1.82, 2.24) is 5.32 Å². The highest BCUT2D eigenvalue weighted by atomic mass is 16.5. The lowest BCUT2D eigenvalue weighted by Crippen LogP contribution is -2.39. The molecule has 0 fully saturated rings. The van der Waals surface area contributed by atoms with E-state index < -0.39 is 0 Å². The molecule has 0 spiro atoms. The molecule has 2 N–H and O–H groups in total. The van der Waals surface area contributed by atoms with Crippen molar-refractivity contribution in [3.63, 3.8) is 0 Å². The zero-order chi connectivity index (χ0) is 15.9. The highest BCUT2D eigenvalue weighted by molar-refractivity contribution is 5.94. The number of benzene rings is 2. The van der Waals surface area contributed by atoms with Crippen LogP contribution in [-0.4, -0.2) is 19.1 Å². The number of amides is 1. The molecule has 2 rings (SSSR count). The summed E-state index contributed by atoms with van der Waals surface area (Å²) in [6.07, 6.45) is 0. The minimum atomic E-state index is -0.294. The van der Waals surface area contributed by atoms with Crippen LogP contribution in [0.5, 0.6) is 5.75 Å². The van der Waals surface area contributed by atoms with Gasteiger partial charge in [0.15, 0.2) is 0 Å². The van der Waals surface area contributed by atoms with Crippen LogP contribution in [0.1, 0.15) is 25.5 Å². The second-order valence-electron chi connectivity index (χ2n) is 5.24. The maximum atomic E-state index is 12.2. The van der Waals surface area contributed by atoms with E-state index in [0.717, 1.165) is 17.0 Å². The lowest BCUT2D eigenvalue weighted by Gasteiger charge is -2.20. The Bertz CT molecular complexity index is 596. The fourth-order valence-corrected chi connectivity index (χ4v) is 2.21. The molecule has 0 aliphatic rings. The summed E-state index contributed by atoms with van der Waals surface area (Å²) in [7, 11) is 1.62. The first-order chi connectivity index (χ1) is 10.6. The predicted octanol–water partition coefficient (Wildman–Crippen LogP) is 3.37. The highest BCUT2D eigenvalue weighted by Crippen LogP contribution is 2.16. The van der Waals surface area contributed by atoms with Gasteiger partial charge in [0.25, 0.3) is 0 Å². The molecular weight excluding hydrogens is 276 g/mol. The van der Waals surface area contributed by atoms with Crippen LogP contribution in [-0.2, 0) is 4.79 Å². The zero-order valence-electron chi connectivity index (χ0n) is 13.2. The zero-order valence-corrected chi connectivity index (χ0v) is 13.2. The lowest BCUT2D eigenvalue weighted by molar-refractivity contribution is -0.117. The summed E-state index contributed by atoms with van der Waals surface area (Å²) in [5.41, 5.74) is 1.92. The van der Waals surface area contributed by atoms with Crippen molar-refractivity contribution >= 4 is 11.6 Å². The third-order valence-electron chi connectivity index (χ3n) is 3.55. The van der Waals surface area contributed by atoms with Crippen molar-refractivity contribution < 1.29 is 9.53 Å². The molecule has 0 bridgehead atoms. The first-order valence-corrected chi connectivity index (χ1v) is 7.36. The van der Waals surface area contributed by atoms with Crippen molar-refractivity contribution in [3.8, 4) is 5.75 Å². The quantitative estimate of drug-likeness (QED) is 0.859. The maximum Gasteiger partial charge on any atom is 0.241 e. The first-order valence-electron chi connectivity index (χ1n) is 7.36. The molecule has 116 valence electrons. The van der Waals surface area contributed by atoms with Gasteiger partial charge in [-0.25, -0.2) is 0 Å². The molecule has 2 aromatic carbocycles. The smallest absolute Gasteiger partial charge is 0.241 e. The molecule has 0 heterocycles. The number of hydrogen-bond acceptors (Lipinski definition) is 3. The number of nitrogens with one attached hydrogen (secondary N) is 2. The van der Waals surface area contributed by atoms with Gasteiger partial charge in [-0.1, -0.05) is 30.3 Å². The van der Waals surface area contributed by atoms with E-state index in [9.17, 15) is 4.79 Å². The minimum absolute atomic E-state index is 0.0621. The summed E-state index contributed by atoms with van der Waals surface area (Å²) in [5.74, 6) is 0.704. The van der Waals surface area contributed by atoms with E-state index in [0.29, 0.717) is 0 Å². The topological polar surface area (TPSA) is 50.4 Å². The lowest BCUT2D eigenvalue weighted by atomic mass is 10.1. The standard InChI is InChI=1S/C18H22N2O2/c1-13(15-7-5-4-6-8-15)19-14(2)18(21)20-16-9-11-17(22-3)12-10-16/h4-14,19H,1-3H3,(H,20,21)/t13-,14-/m0/s1. The van der Waals surface area contributed by atoms with E-state index in [1.165, 1.54) is 0 Å². The summed E-state index contributed by atoms with van der Waals surface area (Å²) in [6, 6.07) is 17.2. The van der Waals surface area contributed by atoms with Crippen LogP contribution in [0.4, 0.5) is 5.69 Å². The summed E-state index contributed by atoms with van der Waals surface area (Å²) < 4.78 is 5.10. The summed E-state index contributed by atoms with van der Waals surface area (Å²) in [5, 5.41) is 6.19. The predicted molar refractivity (Wildman–Crippen MR) is 89.1 cm³/mol. The van der Waals surface area contributed by atoms with Gasteiger partial charge < -0.3 is 10.1 Å². The Hall–Kier alpha value is -2.33. The third-order valence-corrected chi connectivity index (χ3v) is 3.55. The van der Waals surface area contributed by atoms with Gasteiger partial charge in [-0.15, -0.1) is 0 Å². The van der Waals surface area contributed by atoms with E-state index in [2.05, 4.69) is 10.6 Å². The molecule has 0 saturated heterocycles. The van der Waals surface area contributed by atoms with Crippen LogP contribution in [0.25, 0.3) is 0 Å². The monoisotopic (exact) mass is 298 g/mol. The molecule has 2 atom stereocenters. The van der Waals surface area contributed by atoms with Gasteiger partial charge in [0, 0.05) is 11.7 Å². The number of carbonyl (C=O) groups is 1. The van der Waals surface area contributed by atoms with E-state index in [1.54, 1.807) is 7.11 Å². The molecule has 4 heteroatoms. The van der Waals surface area contributed by atoms with E-state index in [4.69, 9.17) is 4.74 Å². The average molecular weight is 298 g/mol. The van der Waals surface area contributed by atoms with Crippen LogP contribution in [0, 0.1) is 0 Å². The average Bonchev–Trinajstić information content (AvgIpc) is 2.56. The minimum Gasteiger partial charge on any atom is -0.497 e. The van der Waals surface area contributed by atoms with Crippen molar-refractivity contribution in [2.75, 3.05) is 12.4 Å². The Labute approximate surface area is 131 Å². The van der Waals surface area contributed by atoms with Crippen LogP contribution in [0.15, 0.2) is 54.6 Å². The number of anilines is 1. The number of carbonyl (C=O) groups excluding carboxylic acids is 1. The molecule has 22 heavy (non-hydrogen) atoms. The van der Waals surface area contributed by atoms with Crippen LogP contribution in [0.3, 0.4) is 0 Å². The fraction of sp³-hybridized carbons (Fsp3) is 0.278. The molecule has 2 aromatic rings. The largest absolute Gasteiger partial charge is 0.497 e. The molecular formula is C18H22N2O2. The molecule has 4 nitrogen and oxygen atoms in total. The van der Waals surface area contributed by atoms with Gasteiger partial charge >= 0.3 is 0 Å². The third kappa shape index (κ3) is 4.33. The summed E-state index contributed by atoms with van der Waals surface area (Å²) >= 11 is 0. The fourth-order valence-electron chi connectivity index (χ4n) is 2.21. The van der Waals surface area contributed by atoms with Crippen molar-refractivity contribution in [1.29, 1.82) is 0 Å². The maximum absolute atomic E-state index is 12.2. The van der Waals surface area contributed by atoms with Gasteiger partial charge in [-0.2, -0.15) is 0 Å². The van der Waals surface area contributed by atoms with Crippen LogP contribution < -0.4 is 15.4 Å². The summed E-state index contributed by atoms with van der Waals surface area (Å²) in [6.45, 7) is 3.91. The number of ether oxygens (including phenoxy) is 1. The van der Waals surface area contributed by atoms with E-state index >= 15 is 0 Å². The van der Waals surface area contributed by atoms with Crippen molar-refractivity contribution in [2.24, 2.45) is 0 Å². The number of rotatable bonds is 6.